The summed E-state index contributed by atoms with van der Waals surface area (Å²) in [6, 6.07) is 9.77. The predicted octanol–water partition coefficient (Wildman–Crippen LogP) is 2.24. The normalized spacial score (nSPS) is 15.9. The van der Waals surface area contributed by atoms with Gasteiger partial charge in [0.05, 0.1) is 18.5 Å². The lowest BCUT2D eigenvalue weighted by Crippen LogP contribution is -2.22. The Morgan fingerprint density at radius 1 is 1.26 bits per heavy atom. The van der Waals surface area contributed by atoms with Gasteiger partial charge in [0.1, 0.15) is 16.9 Å². The molecule has 0 radical (unpaired) electrons. The van der Waals surface area contributed by atoms with Crippen LogP contribution < -0.4 is 5.73 Å². The molecule has 0 spiro atoms. The highest BCUT2D eigenvalue weighted by Crippen LogP contribution is 2.46. The molecule has 4 rings (SSSR count). The Morgan fingerprint density at radius 3 is 2.67 bits per heavy atom. The minimum atomic E-state index is -4.21. The molecule has 0 atom stereocenters. The summed E-state index contributed by atoms with van der Waals surface area (Å²) < 4.78 is 18.4. The summed E-state index contributed by atoms with van der Waals surface area (Å²) in [6.45, 7) is 0.398. The molecular formula is C16H18N5O4PS. The smallest absolute Gasteiger partial charge is 0.351 e. The topological polar surface area (TPSA) is 136 Å². The molecule has 0 saturated heterocycles. The molecule has 1 aromatic carbocycles. The maximum atomic E-state index is 11.1. The molecule has 4 N–H and O–H groups in total. The van der Waals surface area contributed by atoms with E-state index in [1.54, 1.807) is 10.9 Å². The molecule has 27 heavy (non-hydrogen) atoms. The molecule has 1 fully saturated rings. The largest absolute Gasteiger partial charge is 0.368 e. The third-order valence-electron chi connectivity index (χ3n) is 4.21. The maximum absolute atomic E-state index is 11.1. The number of fused-ring (bicyclic) bond motifs is 1. The summed E-state index contributed by atoms with van der Waals surface area (Å²) in [7, 11) is -4.21. The van der Waals surface area contributed by atoms with Gasteiger partial charge in [0.25, 0.3) is 0 Å². The van der Waals surface area contributed by atoms with E-state index in [0.717, 1.165) is 17.7 Å². The van der Waals surface area contributed by atoms with Crippen LogP contribution in [0.25, 0.3) is 11.2 Å². The van der Waals surface area contributed by atoms with E-state index < -0.39 is 19.5 Å². The number of nitrogen functional groups attached to an aromatic ring is 1. The first kappa shape index (κ1) is 18.4. The fourth-order valence-corrected chi connectivity index (χ4v) is 4.08. The van der Waals surface area contributed by atoms with Crippen LogP contribution >= 0.6 is 19.4 Å². The SMILES string of the molecule is Nc1nc(Sc2ccccc2)c2ncn(CC3(OCP(=O)(O)O)CC3)c2n1. The van der Waals surface area contributed by atoms with E-state index in [9.17, 15) is 4.57 Å². The summed E-state index contributed by atoms with van der Waals surface area (Å²) in [4.78, 5) is 32.1. The van der Waals surface area contributed by atoms with Crippen LogP contribution in [-0.4, -0.2) is 41.3 Å². The second kappa shape index (κ2) is 6.88. The van der Waals surface area contributed by atoms with Crippen LogP contribution in [0.2, 0.25) is 0 Å². The van der Waals surface area contributed by atoms with Crippen molar-refractivity contribution in [3.05, 3.63) is 36.7 Å². The first-order chi connectivity index (χ1) is 12.8. The molecule has 2 aromatic heterocycles. The molecule has 0 aliphatic heterocycles. The van der Waals surface area contributed by atoms with Crippen LogP contribution in [0, 0.1) is 0 Å². The first-order valence-corrected chi connectivity index (χ1v) is 10.8. The van der Waals surface area contributed by atoms with Crippen molar-refractivity contribution in [1.82, 2.24) is 19.5 Å². The molecule has 2 heterocycles. The standard InChI is InChI=1S/C16H18N5O4PS/c17-15-19-13-12(14(20-15)27-11-4-2-1-3-5-11)18-9-21(13)8-16(6-7-16)25-10-26(22,23)24/h1-5,9H,6-8,10H2,(H2,17,19,20)(H2,22,23,24). The number of nitrogens with zero attached hydrogens (tertiary/aromatic N) is 4. The fourth-order valence-electron chi connectivity index (χ4n) is 2.74. The van der Waals surface area contributed by atoms with Gasteiger partial charge in [-0.25, -0.2) is 9.97 Å². The van der Waals surface area contributed by atoms with E-state index in [-0.39, 0.29) is 5.95 Å². The Bertz CT molecular complexity index is 1020. The van der Waals surface area contributed by atoms with Gasteiger partial charge in [-0.05, 0) is 25.0 Å². The Morgan fingerprint density at radius 2 is 2.00 bits per heavy atom. The Labute approximate surface area is 159 Å². The Kier molecular flexibility index (Phi) is 4.69. The average molecular weight is 407 g/mol. The average Bonchev–Trinajstić information content (AvgIpc) is 3.27. The number of imidazole rings is 1. The van der Waals surface area contributed by atoms with E-state index in [0.29, 0.717) is 22.7 Å². The lowest BCUT2D eigenvalue weighted by atomic mass is 10.3. The van der Waals surface area contributed by atoms with Gasteiger partial charge in [0.15, 0.2) is 5.65 Å². The summed E-state index contributed by atoms with van der Waals surface area (Å²) in [6.07, 6.45) is 2.48. The number of hydrogen-bond donors (Lipinski definition) is 3. The molecule has 1 saturated carbocycles. The van der Waals surface area contributed by atoms with Gasteiger partial charge in [0, 0.05) is 4.90 Å². The number of aromatic nitrogens is 4. The third-order valence-corrected chi connectivity index (χ3v) is 5.66. The first-order valence-electron chi connectivity index (χ1n) is 8.23. The molecule has 3 aromatic rings. The number of anilines is 1. The van der Waals surface area contributed by atoms with Crippen molar-refractivity contribution in [2.45, 2.75) is 34.9 Å². The minimum Gasteiger partial charge on any atom is -0.368 e. The maximum Gasteiger partial charge on any atom is 0.351 e. The van der Waals surface area contributed by atoms with Crippen molar-refractivity contribution < 1.29 is 19.1 Å². The van der Waals surface area contributed by atoms with Gasteiger partial charge in [-0.3, -0.25) is 4.57 Å². The molecule has 0 unspecified atom stereocenters. The van der Waals surface area contributed by atoms with E-state index in [1.807, 2.05) is 30.3 Å². The van der Waals surface area contributed by atoms with Crippen molar-refractivity contribution in [1.29, 1.82) is 0 Å². The molecule has 0 bridgehead atoms. The number of hydrogen-bond acceptors (Lipinski definition) is 7. The molecular weight excluding hydrogens is 389 g/mol. The summed E-state index contributed by atoms with van der Waals surface area (Å²) in [5, 5.41) is 0.656. The molecule has 9 nitrogen and oxygen atoms in total. The van der Waals surface area contributed by atoms with Crippen molar-refractivity contribution in [2.24, 2.45) is 0 Å². The Hall–Kier alpha value is -1.97. The van der Waals surface area contributed by atoms with E-state index >= 15 is 0 Å². The quantitative estimate of drug-likeness (QED) is 0.398. The van der Waals surface area contributed by atoms with Crippen molar-refractivity contribution in [3.63, 3.8) is 0 Å². The van der Waals surface area contributed by atoms with Gasteiger partial charge >= 0.3 is 7.60 Å². The van der Waals surface area contributed by atoms with Crippen LogP contribution in [0.15, 0.2) is 46.6 Å². The number of nitrogens with two attached hydrogens (primary N) is 1. The highest BCUT2D eigenvalue weighted by molar-refractivity contribution is 7.99. The van der Waals surface area contributed by atoms with Crippen LogP contribution in [0.1, 0.15) is 12.8 Å². The number of rotatable bonds is 7. The van der Waals surface area contributed by atoms with E-state index in [4.69, 9.17) is 20.3 Å². The van der Waals surface area contributed by atoms with Crippen LogP contribution in [-0.2, 0) is 15.8 Å². The molecule has 1 aliphatic rings. The van der Waals surface area contributed by atoms with Crippen LogP contribution in [0.5, 0.6) is 0 Å². The molecule has 0 amide bonds. The van der Waals surface area contributed by atoms with Crippen molar-refractivity contribution in [2.75, 3.05) is 12.1 Å². The van der Waals surface area contributed by atoms with Gasteiger partial charge < -0.3 is 24.8 Å². The monoisotopic (exact) mass is 407 g/mol. The van der Waals surface area contributed by atoms with Crippen LogP contribution in [0.4, 0.5) is 5.95 Å². The third kappa shape index (κ3) is 4.31. The van der Waals surface area contributed by atoms with Gasteiger partial charge in [-0.15, -0.1) is 0 Å². The molecule has 142 valence electrons. The van der Waals surface area contributed by atoms with Crippen LogP contribution in [0.3, 0.4) is 0 Å². The van der Waals surface area contributed by atoms with E-state index in [1.165, 1.54) is 11.8 Å². The summed E-state index contributed by atoms with van der Waals surface area (Å²) in [5.41, 5.74) is 6.50. The minimum absolute atomic E-state index is 0.142. The van der Waals surface area contributed by atoms with E-state index in [2.05, 4.69) is 15.0 Å². The fraction of sp³-hybridized carbons (Fsp3) is 0.312. The highest BCUT2D eigenvalue weighted by Gasteiger charge is 2.46. The molecule has 11 heteroatoms. The highest BCUT2D eigenvalue weighted by atomic mass is 32.2. The zero-order chi connectivity index (χ0) is 19.1. The van der Waals surface area contributed by atoms with Gasteiger partial charge in [0.2, 0.25) is 5.95 Å². The predicted molar refractivity (Wildman–Crippen MR) is 100 cm³/mol. The zero-order valence-electron chi connectivity index (χ0n) is 14.2. The lowest BCUT2D eigenvalue weighted by Gasteiger charge is -2.17. The Balaban J connectivity index is 1.61. The van der Waals surface area contributed by atoms with Crippen molar-refractivity contribution >= 4 is 36.5 Å². The second-order valence-electron chi connectivity index (χ2n) is 6.47. The lowest BCUT2D eigenvalue weighted by molar-refractivity contribution is 0.0417. The van der Waals surface area contributed by atoms with Crippen molar-refractivity contribution in [3.8, 4) is 0 Å². The number of ether oxygens (including phenoxy) is 1. The van der Waals surface area contributed by atoms with Gasteiger partial charge in [-0.1, -0.05) is 30.0 Å². The summed E-state index contributed by atoms with van der Waals surface area (Å²) >= 11 is 1.45. The number of benzene rings is 1. The van der Waals surface area contributed by atoms with Gasteiger partial charge in [-0.2, -0.15) is 4.98 Å². The molecule has 1 aliphatic carbocycles. The second-order valence-corrected chi connectivity index (χ2v) is 9.12. The zero-order valence-corrected chi connectivity index (χ0v) is 15.9. The summed E-state index contributed by atoms with van der Waals surface area (Å²) in [5.74, 6) is 0.142.